The molecule has 0 radical (unpaired) electrons. The van der Waals surface area contributed by atoms with Crippen molar-refractivity contribution in [2.75, 3.05) is 11.9 Å². The number of nitro benzene ring substituents is 1. The maximum absolute atomic E-state index is 12.8. The maximum atomic E-state index is 12.8. The molecule has 9 nitrogen and oxygen atoms in total. The first kappa shape index (κ1) is 25.1. The van der Waals surface area contributed by atoms with Crippen molar-refractivity contribution < 1.29 is 14.1 Å². The summed E-state index contributed by atoms with van der Waals surface area (Å²) in [7, 11) is 0. The van der Waals surface area contributed by atoms with Crippen molar-refractivity contribution >= 4 is 34.6 Å². The largest absolute Gasteiger partial charge is 0.459 e. The van der Waals surface area contributed by atoms with Crippen molar-refractivity contribution in [3.63, 3.8) is 0 Å². The molecule has 4 aromatic rings. The quantitative estimate of drug-likeness (QED) is 0.174. The second-order valence-corrected chi connectivity index (χ2v) is 9.30. The molecule has 0 spiro atoms. The number of anilines is 1. The lowest BCUT2D eigenvalue weighted by molar-refractivity contribution is -0.384. The Balaban J connectivity index is 1.43. The van der Waals surface area contributed by atoms with Gasteiger partial charge in [0, 0.05) is 30.9 Å². The molecule has 2 N–H and O–H groups in total. The van der Waals surface area contributed by atoms with E-state index in [1.807, 2.05) is 54.3 Å². The Morgan fingerprint density at radius 2 is 1.87 bits per heavy atom. The standard InChI is InChI=1S/C28H25N5O4S/c1-18-8-2-4-10-20(18)30-25(34)15-17-32-27(26(31-28(32)38)21-11-6-7-16-29-21)24-14-13-23(37-24)19-9-3-5-12-22(19)33(35)36/h2-14,16,26-27H,15,17H2,1H3,(H,30,34)(H,31,38)/t26-,27-/m1/s1. The van der Waals surface area contributed by atoms with E-state index in [4.69, 9.17) is 16.6 Å². The van der Waals surface area contributed by atoms with Crippen molar-refractivity contribution in [3.8, 4) is 11.3 Å². The zero-order valence-electron chi connectivity index (χ0n) is 20.5. The van der Waals surface area contributed by atoms with Crippen LogP contribution in [-0.2, 0) is 4.79 Å². The first-order valence-corrected chi connectivity index (χ1v) is 12.5. The van der Waals surface area contributed by atoms with E-state index < -0.39 is 11.0 Å². The third-order valence-electron chi connectivity index (χ3n) is 6.48. The van der Waals surface area contributed by atoms with Gasteiger partial charge in [-0.25, -0.2) is 0 Å². The second-order valence-electron chi connectivity index (χ2n) is 8.91. The van der Waals surface area contributed by atoms with Crippen molar-refractivity contribution in [2.45, 2.75) is 25.4 Å². The average Bonchev–Trinajstić information content (AvgIpc) is 3.53. The van der Waals surface area contributed by atoms with Gasteiger partial charge in [0.2, 0.25) is 5.91 Å². The van der Waals surface area contributed by atoms with Crippen molar-refractivity contribution in [1.29, 1.82) is 0 Å². The minimum atomic E-state index is -0.431. The highest BCUT2D eigenvalue weighted by Gasteiger charge is 2.41. The zero-order chi connectivity index (χ0) is 26.6. The van der Waals surface area contributed by atoms with E-state index in [1.165, 1.54) is 6.07 Å². The van der Waals surface area contributed by atoms with Crippen molar-refractivity contribution in [2.24, 2.45) is 0 Å². The number of nitro groups is 1. The number of nitrogens with one attached hydrogen (secondary N) is 2. The number of hydrogen-bond donors (Lipinski definition) is 2. The first-order valence-electron chi connectivity index (χ1n) is 12.1. The minimum absolute atomic E-state index is 0.0422. The number of para-hydroxylation sites is 2. The Bertz CT molecular complexity index is 1490. The zero-order valence-corrected chi connectivity index (χ0v) is 21.4. The lowest BCUT2D eigenvalue weighted by Gasteiger charge is -2.26. The van der Waals surface area contributed by atoms with E-state index in [0.29, 0.717) is 28.7 Å². The Labute approximate surface area is 224 Å². The number of furan rings is 1. The number of carbonyl (C=O) groups excluding carboxylic acids is 1. The summed E-state index contributed by atoms with van der Waals surface area (Å²) in [5, 5.41) is 18.3. The van der Waals surface area contributed by atoms with Crippen LogP contribution in [0.3, 0.4) is 0 Å². The van der Waals surface area contributed by atoms with Crippen LogP contribution >= 0.6 is 12.2 Å². The summed E-state index contributed by atoms with van der Waals surface area (Å²) in [5.41, 5.74) is 2.85. The minimum Gasteiger partial charge on any atom is -0.459 e. The smallest absolute Gasteiger partial charge is 0.280 e. The molecule has 3 heterocycles. The molecule has 192 valence electrons. The second kappa shape index (κ2) is 10.8. The van der Waals surface area contributed by atoms with Crippen LogP contribution in [0.1, 0.15) is 35.5 Å². The van der Waals surface area contributed by atoms with Crippen LogP contribution < -0.4 is 10.6 Å². The number of hydrogen-bond acceptors (Lipinski definition) is 6. The molecular weight excluding hydrogens is 502 g/mol. The number of amides is 1. The van der Waals surface area contributed by atoms with Gasteiger partial charge >= 0.3 is 0 Å². The Hall–Kier alpha value is -4.57. The molecule has 0 unspecified atom stereocenters. The molecule has 1 aliphatic heterocycles. The molecule has 1 fully saturated rings. The van der Waals surface area contributed by atoms with Gasteiger partial charge in [-0.1, -0.05) is 36.4 Å². The van der Waals surface area contributed by atoms with E-state index in [-0.39, 0.29) is 24.1 Å². The lowest BCUT2D eigenvalue weighted by Crippen LogP contribution is -2.32. The number of rotatable bonds is 8. The van der Waals surface area contributed by atoms with Gasteiger partial charge in [0.25, 0.3) is 5.69 Å². The summed E-state index contributed by atoms with van der Waals surface area (Å²) in [5.74, 6) is 0.796. The third kappa shape index (κ3) is 5.12. The summed E-state index contributed by atoms with van der Waals surface area (Å²) < 4.78 is 6.22. The fraction of sp³-hybridized carbons (Fsp3) is 0.179. The number of aryl methyl sites for hydroxylation is 1. The monoisotopic (exact) mass is 527 g/mol. The normalized spacial score (nSPS) is 16.8. The molecule has 10 heteroatoms. The van der Waals surface area contributed by atoms with Gasteiger partial charge in [-0.15, -0.1) is 0 Å². The Morgan fingerprint density at radius 1 is 1.11 bits per heavy atom. The first-order chi connectivity index (χ1) is 18.4. The number of aromatic nitrogens is 1. The molecule has 5 rings (SSSR count). The fourth-order valence-corrected chi connectivity index (χ4v) is 4.93. The predicted octanol–water partition coefficient (Wildman–Crippen LogP) is 5.56. The highest BCUT2D eigenvalue weighted by Crippen LogP contribution is 2.41. The van der Waals surface area contributed by atoms with Crippen LogP contribution in [0.25, 0.3) is 11.3 Å². The van der Waals surface area contributed by atoms with Gasteiger partial charge < -0.3 is 20.0 Å². The van der Waals surface area contributed by atoms with Gasteiger partial charge in [-0.05, 0) is 61.1 Å². The highest BCUT2D eigenvalue weighted by molar-refractivity contribution is 7.80. The third-order valence-corrected chi connectivity index (χ3v) is 6.83. The van der Waals surface area contributed by atoms with Crippen LogP contribution in [0, 0.1) is 17.0 Å². The average molecular weight is 528 g/mol. The van der Waals surface area contributed by atoms with E-state index in [2.05, 4.69) is 15.6 Å². The topological polar surface area (TPSA) is 114 Å². The molecule has 0 aliphatic carbocycles. The SMILES string of the molecule is Cc1ccccc1NC(=O)CCN1C(=S)N[C@H](c2ccccn2)[C@H]1c1ccc(-c2ccccc2[N+](=O)[O-])o1. The molecular formula is C28H25N5O4S. The molecule has 2 aromatic carbocycles. The van der Waals surface area contributed by atoms with Gasteiger partial charge in [0.1, 0.15) is 17.6 Å². The highest BCUT2D eigenvalue weighted by atomic mass is 32.1. The number of thiocarbonyl (C=S) groups is 1. The fourth-order valence-electron chi connectivity index (χ4n) is 4.60. The molecule has 0 bridgehead atoms. The van der Waals surface area contributed by atoms with Gasteiger partial charge in [-0.3, -0.25) is 19.9 Å². The summed E-state index contributed by atoms with van der Waals surface area (Å²) in [6, 6.07) is 22.4. The van der Waals surface area contributed by atoms with E-state index in [1.54, 1.807) is 36.5 Å². The molecule has 1 aliphatic rings. The maximum Gasteiger partial charge on any atom is 0.280 e. The van der Waals surface area contributed by atoms with Crippen LogP contribution in [0.2, 0.25) is 0 Å². The van der Waals surface area contributed by atoms with Gasteiger partial charge in [0.05, 0.1) is 22.2 Å². The van der Waals surface area contributed by atoms with E-state index >= 15 is 0 Å². The summed E-state index contributed by atoms with van der Waals surface area (Å²) in [6.07, 6.45) is 1.90. The number of benzene rings is 2. The van der Waals surface area contributed by atoms with E-state index in [9.17, 15) is 14.9 Å². The molecule has 2 aromatic heterocycles. The number of pyridine rings is 1. The summed E-state index contributed by atoms with van der Waals surface area (Å²) >= 11 is 5.68. The molecule has 1 saturated heterocycles. The van der Waals surface area contributed by atoms with Crippen LogP contribution in [-0.4, -0.2) is 32.4 Å². The molecule has 2 atom stereocenters. The van der Waals surface area contributed by atoms with Crippen LogP contribution in [0.4, 0.5) is 11.4 Å². The van der Waals surface area contributed by atoms with Gasteiger partial charge in [-0.2, -0.15) is 0 Å². The number of nitrogens with zero attached hydrogens (tertiary/aromatic N) is 3. The van der Waals surface area contributed by atoms with Crippen LogP contribution in [0.5, 0.6) is 0 Å². The molecule has 38 heavy (non-hydrogen) atoms. The van der Waals surface area contributed by atoms with Gasteiger partial charge in [0.15, 0.2) is 5.11 Å². The molecule has 0 saturated carbocycles. The Kier molecular flexibility index (Phi) is 7.14. The molecule has 1 amide bonds. The number of carbonyl (C=O) groups is 1. The predicted molar refractivity (Wildman–Crippen MR) is 147 cm³/mol. The van der Waals surface area contributed by atoms with Crippen molar-refractivity contribution in [1.82, 2.24) is 15.2 Å². The van der Waals surface area contributed by atoms with Crippen molar-refractivity contribution in [3.05, 3.63) is 112 Å². The lowest BCUT2D eigenvalue weighted by atomic mass is 10.0. The summed E-state index contributed by atoms with van der Waals surface area (Å²) in [6.45, 7) is 2.27. The van der Waals surface area contributed by atoms with E-state index in [0.717, 1.165) is 16.9 Å². The summed E-state index contributed by atoms with van der Waals surface area (Å²) in [4.78, 5) is 30.4. The Morgan fingerprint density at radius 3 is 2.63 bits per heavy atom. The van der Waals surface area contributed by atoms with Crippen LogP contribution in [0.15, 0.2) is 89.5 Å².